The molecule has 0 radical (unpaired) electrons. The van der Waals surface area contributed by atoms with E-state index in [1.807, 2.05) is 13.8 Å². The predicted octanol–water partition coefficient (Wildman–Crippen LogP) is 6.16. The van der Waals surface area contributed by atoms with Gasteiger partial charge in [0.05, 0.1) is 30.4 Å². The number of carbonyl (C=O) groups excluding carboxylic acids is 3. The summed E-state index contributed by atoms with van der Waals surface area (Å²) in [5, 5.41) is 18.6. The van der Waals surface area contributed by atoms with Gasteiger partial charge in [-0.25, -0.2) is 14.0 Å². The number of nitrogens with one attached hydrogen (secondary N) is 3. The molecule has 51 heavy (non-hydrogen) atoms. The van der Waals surface area contributed by atoms with Crippen LogP contribution in [0.25, 0.3) is 0 Å². The first-order chi connectivity index (χ1) is 24.5. The first kappa shape index (κ1) is 37.2. The van der Waals surface area contributed by atoms with Crippen molar-refractivity contribution in [3.8, 4) is 17.2 Å². The number of nitrogens with zero attached hydrogens (tertiary/aromatic N) is 2. The molecule has 13 nitrogen and oxygen atoms in total. The number of carbonyl (C=O) groups is 3. The van der Waals surface area contributed by atoms with E-state index in [2.05, 4.69) is 16.0 Å². The van der Waals surface area contributed by atoms with Crippen molar-refractivity contribution in [1.29, 1.82) is 0 Å². The van der Waals surface area contributed by atoms with Crippen LogP contribution in [-0.4, -0.2) is 91.3 Å². The molecule has 274 valence electrons. The van der Waals surface area contributed by atoms with E-state index in [0.29, 0.717) is 47.3 Å². The zero-order valence-electron chi connectivity index (χ0n) is 29.3. The summed E-state index contributed by atoms with van der Waals surface area (Å²) in [6.07, 6.45) is 1.57. The Labute approximate surface area is 297 Å². The molecule has 2 heterocycles. The van der Waals surface area contributed by atoms with Gasteiger partial charge < -0.3 is 49.8 Å². The lowest BCUT2D eigenvalue weighted by Gasteiger charge is -2.35. The summed E-state index contributed by atoms with van der Waals surface area (Å²) in [5.41, 5.74) is 1.53. The smallest absolute Gasteiger partial charge is 0.323 e. The number of likely N-dealkylation sites (N-methyl/N-ethyl adjacent to an activating group) is 1. The lowest BCUT2D eigenvalue weighted by atomic mass is 10.0. The fourth-order valence-corrected chi connectivity index (χ4v) is 5.84. The molecular formula is C37H46FN5O8. The Hall–Kier alpha value is -5.08. The minimum atomic E-state index is -0.579. The van der Waals surface area contributed by atoms with E-state index in [-0.39, 0.29) is 44.1 Å². The van der Waals surface area contributed by atoms with Crippen molar-refractivity contribution in [2.75, 3.05) is 56.1 Å². The van der Waals surface area contributed by atoms with Crippen LogP contribution in [0.15, 0.2) is 60.7 Å². The van der Waals surface area contributed by atoms with Crippen LogP contribution < -0.4 is 30.2 Å². The summed E-state index contributed by atoms with van der Waals surface area (Å²) < 4.78 is 36.7. The Bertz CT molecular complexity index is 1680. The Morgan fingerprint density at radius 2 is 1.61 bits per heavy atom. The third kappa shape index (κ3) is 10.0. The van der Waals surface area contributed by atoms with Gasteiger partial charge in [-0.3, -0.25) is 4.79 Å². The van der Waals surface area contributed by atoms with Crippen molar-refractivity contribution in [2.24, 2.45) is 5.92 Å². The molecule has 0 spiro atoms. The predicted molar refractivity (Wildman–Crippen MR) is 190 cm³/mol. The summed E-state index contributed by atoms with van der Waals surface area (Å²) in [7, 11) is 1.64. The number of ether oxygens (including phenoxy) is 4. The highest BCUT2D eigenvalue weighted by Crippen LogP contribution is 2.34. The zero-order valence-corrected chi connectivity index (χ0v) is 29.3. The van der Waals surface area contributed by atoms with Gasteiger partial charge in [0.1, 0.15) is 11.6 Å². The molecule has 5 amide bonds. The Balaban J connectivity index is 1.35. The van der Waals surface area contributed by atoms with Gasteiger partial charge in [0.25, 0.3) is 5.91 Å². The van der Waals surface area contributed by atoms with Crippen LogP contribution in [0.4, 0.5) is 31.0 Å². The molecule has 3 aromatic carbocycles. The summed E-state index contributed by atoms with van der Waals surface area (Å²) >= 11 is 0. The van der Waals surface area contributed by atoms with Gasteiger partial charge in [0.2, 0.25) is 6.79 Å². The third-order valence-electron chi connectivity index (χ3n) is 8.84. The number of hydrogen-bond acceptors (Lipinski definition) is 8. The van der Waals surface area contributed by atoms with Crippen LogP contribution in [-0.2, 0) is 4.74 Å². The number of aliphatic hydroxyl groups is 1. The molecule has 4 N–H and O–H groups in total. The molecule has 0 fully saturated rings. The van der Waals surface area contributed by atoms with Gasteiger partial charge in [-0.15, -0.1) is 0 Å². The van der Waals surface area contributed by atoms with Crippen molar-refractivity contribution in [3.63, 3.8) is 0 Å². The molecule has 5 rings (SSSR count). The monoisotopic (exact) mass is 707 g/mol. The second-order valence-corrected chi connectivity index (χ2v) is 13.0. The van der Waals surface area contributed by atoms with E-state index >= 15 is 0 Å². The first-order valence-corrected chi connectivity index (χ1v) is 17.1. The van der Waals surface area contributed by atoms with Crippen LogP contribution in [0.5, 0.6) is 17.2 Å². The number of amides is 5. The Kier molecular flexibility index (Phi) is 12.6. The van der Waals surface area contributed by atoms with E-state index in [9.17, 15) is 23.9 Å². The van der Waals surface area contributed by atoms with E-state index in [0.717, 1.165) is 12.8 Å². The Morgan fingerprint density at radius 3 is 2.33 bits per heavy atom. The molecule has 0 unspecified atom stereocenters. The molecule has 0 bridgehead atoms. The number of hydrogen-bond donors (Lipinski definition) is 4. The molecular weight excluding hydrogens is 661 g/mol. The summed E-state index contributed by atoms with van der Waals surface area (Å²) in [5.74, 6) is 0.398. The van der Waals surface area contributed by atoms with Crippen LogP contribution in [0.2, 0.25) is 0 Å². The lowest BCUT2D eigenvalue weighted by Crippen LogP contribution is -2.48. The fourth-order valence-electron chi connectivity index (χ4n) is 5.84. The van der Waals surface area contributed by atoms with Crippen LogP contribution in [0.1, 0.15) is 50.4 Å². The van der Waals surface area contributed by atoms with Crippen molar-refractivity contribution < 1.29 is 42.8 Å². The minimum absolute atomic E-state index is 0.111. The topological polar surface area (TPSA) is 151 Å². The Morgan fingerprint density at radius 1 is 0.941 bits per heavy atom. The van der Waals surface area contributed by atoms with E-state index in [4.69, 9.17) is 18.9 Å². The molecule has 0 saturated heterocycles. The molecule has 3 aromatic rings. The third-order valence-corrected chi connectivity index (χ3v) is 8.84. The fraction of sp³-hybridized carbons (Fsp3) is 0.432. The van der Waals surface area contributed by atoms with Crippen molar-refractivity contribution in [1.82, 2.24) is 9.80 Å². The summed E-state index contributed by atoms with van der Waals surface area (Å²) in [4.78, 5) is 43.5. The molecule has 2 aliphatic heterocycles. The molecule has 4 atom stereocenters. The molecule has 0 saturated carbocycles. The van der Waals surface area contributed by atoms with Gasteiger partial charge >= 0.3 is 12.1 Å². The van der Waals surface area contributed by atoms with Crippen molar-refractivity contribution >= 4 is 35.0 Å². The standard InChI is InChI=1S/C37H46FN5O8/c1-23-19-43(24(2)21-44)35(45)30-17-28(39-36(46)40-29-13-15-32-33(18-29)50-22-49-32)12-14-31(30)51-25(3)7-5-6-16-48-34(23)20-42(4)37(47)41-27-10-8-26(38)9-11-27/h8-15,17-18,23-25,34,44H,5-7,16,19-22H2,1-4H3,(H,41,47)(H2,39,40,46)/t23-,24+,25+,34+/m0/s1. The average Bonchev–Trinajstić information content (AvgIpc) is 3.58. The second kappa shape index (κ2) is 17.2. The maximum atomic E-state index is 14.4. The number of halogens is 1. The molecule has 0 aromatic heterocycles. The van der Waals surface area contributed by atoms with E-state index in [1.54, 1.807) is 55.3 Å². The maximum Gasteiger partial charge on any atom is 0.323 e. The SMILES string of the molecule is C[C@@H]1CCCCO[C@H](CN(C)C(=O)Nc2ccc(F)cc2)[C@@H](C)CN([C@H](C)CO)C(=O)c2cc(NC(=O)Nc3ccc4c(c3)OCO4)ccc2O1. The van der Waals surface area contributed by atoms with Crippen LogP contribution in [0.3, 0.4) is 0 Å². The molecule has 14 heteroatoms. The van der Waals surface area contributed by atoms with Gasteiger partial charge in [0, 0.05) is 55.8 Å². The quantitative estimate of drug-likeness (QED) is 0.228. The molecule has 0 aliphatic carbocycles. The number of urea groups is 2. The minimum Gasteiger partial charge on any atom is -0.490 e. The average molecular weight is 708 g/mol. The number of rotatable bonds is 7. The number of benzene rings is 3. The van der Waals surface area contributed by atoms with E-state index in [1.165, 1.54) is 29.2 Å². The van der Waals surface area contributed by atoms with Gasteiger partial charge in [0.15, 0.2) is 11.5 Å². The highest BCUT2D eigenvalue weighted by atomic mass is 19.1. The summed E-state index contributed by atoms with van der Waals surface area (Å²) in [6, 6.07) is 14.0. The highest BCUT2D eigenvalue weighted by Gasteiger charge is 2.31. The van der Waals surface area contributed by atoms with Gasteiger partial charge in [-0.2, -0.15) is 0 Å². The maximum absolute atomic E-state index is 14.4. The van der Waals surface area contributed by atoms with Crippen LogP contribution >= 0.6 is 0 Å². The van der Waals surface area contributed by atoms with Crippen molar-refractivity contribution in [3.05, 3.63) is 72.0 Å². The van der Waals surface area contributed by atoms with Crippen molar-refractivity contribution in [2.45, 2.75) is 58.3 Å². The normalized spacial score (nSPS) is 19.9. The zero-order chi connectivity index (χ0) is 36.5. The number of aliphatic hydroxyl groups excluding tert-OH is 1. The second-order valence-electron chi connectivity index (χ2n) is 13.0. The first-order valence-electron chi connectivity index (χ1n) is 17.1. The van der Waals surface area contributed by atoms with Gasteiger partial charge in [-0.1, -0.05) is 6.92 Å². The highest BCUT2D eigenvalue weighted by molar-refractivity contribution is 6.02. The number of fused-ring (bicyclic) bond motifs is 2. The molecule has 2 aliphatic rings. The summed E-state index contributed by atoms with van der Waals surface area (Å²) in [6.45, 7) is 6.27. The van der Waals surface area contributed by atoms with Crippen LogP contribution in [0, 0.1) is 11.7 Å². The number of anilines is 3. The van der Waals surface area contributed by atoms with E-state index < -0.39 is 35.9 Å². The van der Waals surface area contributed by atoms with Gasteiger partial charge in [-0.05, 0) is 87.7 Å². The largest absolute Gasteiger partial charge is 0.490 e. The lowest BCUT2D eigenvalue weighted by molar-refractivity contribution is -0.0115.